The maximum Gasteiger partial charge on any atom is 0.335 e. The first-order chi connectivity index (χ1) is 11.5. The molecular formula is C19H21NO4. The Hall–Kier alpha value is -2.82. The number of nitrogens with one attached hydrogen (secondary N) is 1. The number of carbonyl (C=O) groups is 2. The molecule has 0 fully saturated rings. The first-order valence-electron chi connectivity index (χ1n) is 7.79. The maximum absolute atomic E-state index is 11.9. The van der Waals surface area contributed by atoms with Crippen molar-refractivity contribution in [1.29, 1.82) is 0 Å². The zero-order valence-corrected chi connectivity index (χ0v) is 13.8. The topological polar surface area (TPSA) is 75.6 Å². The van der Waals surface area contributed by atoms with Crippen molar-refractivity contribution in [2.45, 2.75) is 26.7 Å². The molecule has 0 unspecified atom stereocenters. The highest BCUT2D eigenvalue weighted by atomic mass is 16.5. The summed E-state index contributed by atoms with van der Waals surface area (Å²) in [5.41, 5.74) is 2.82. The van der Waals surface area contributed by atoms with Gasteiger partial charge in [-0.2, -0.15) is 0 Å². The lowest BCUT2D eigenvalue weighted by molar-refractivity contribution is -0.116. The van der Waals surface area contributed by atoms with Crippen LogP contribution in [0.2, 0.25) is 0 Å². The molecule has 0 atom stereocenters. The van der Waals surface area contributed by atoms with Crippen molar-refractivity contribution in [1.82, 2.24) is 0 Å². The lowest BCUT2D eigenvalue weighted by Crippen LogP contribution is -2.13. The summed E-state index contributed by atoms with van der Waals surface area (Å²) in [7, 11) is 0. The molecule has 0 saturated heterocycles. The van der Waals surface area contributed by atoms with Crippen molar-refractivity contribution in [3.8, 4) is 5.75 Å². The second kappa shape index (κ2) is 8.15. The molecule has 0 spiro atoms. The molecule has 126 valence electrons. The van der Waals surface area contributed by atoms with Gasteiger partial charge in [0.25, 0.3) is 0 Å². The molecule has 5 nitrogen and oxygen atoms in total. The number of ether oxygens (including phenoxy) is 1. The molecule has 0 heterocycles. The highest BCUT2D eigenvalue weighted by Gasteiger charge is 2.07. The van der Waals surface area contributed by atoms with Gasteiger partial charge in [0, 0.05) is 12.1 Å². The smallest absolute Gasteiger partial charge is 0.335 e. The quantitative estimate of drug-likeness (QED) is 0.759. The molecule has 5 heteroatoms. The van der Waals surface area contributed by atoms with Crippen molar-refractivity contribution in [3.63, 3.8) is 0 Å². The van der Waals surface area contributed by atoms with Crippen molar-refractivity contribution in [2.24, 2.45) is 0 Å². The van der Waals surface area contributed by atoms with Crippen LogP contribution in [0.4, 0.5) is 5.69 Å². The van der Waals surface area contributed by atoms with Gasteiger partial charge in [-0.3, -0.25) is 4.79 Å². The van der Waals surface area contributed by atoms with Gasteiger partial charge in [0.1, 0.15) is 5.75 Å². The normalized spacial score (nSPS) is 10.2. The fraction of sp³-hybridized carbons (Fsp3) is 0.263. The Morgan fingerprint density at radius 2 is 1.92 bits per heavy atom. The number of carboxylic acids is 1. The number of carbonyl (C=O) groups excluding carboxylic acids is 1. The fourth-order valence-corrected chi connectivity index (χ4v) is 2.23. The number of anilines is 1. The molecule has 0 radical (unpaired) electrons. The lowest BCUT2D eigenvalue weighted by Gasteiger charge is -2.10. The molecule has 0 bridgehead atoms. The van der Waals surface area contributed by atoms with E-state index in [4.69, 9.17) is 9.84 Å². The van der Waals surface area contributed by atoms with E-state index in [1.807, 2.05) is 32.0 Å². The summed E-state index contributed by atoms with van der Waals surface area (Å²) >= 11 is 0. The number of carboxylic acid groups (broad SMARTS) is 1. The summed E-state index contributed by atoms with van der Waals surface area (Å²) in [6.45, 7) is 4.44. The Balaban J connectivity index is 1.78. The number of aryl methyl sites for hydroxylation is 2. The third-order valence-electron chi connectivity index (χ3n) is 3.54. The van der Waals surface area contributed by atoms with E-state index in [0.717, 1.165) is 16.9 Å². The Labute approximate surface area is 141 Å². The van der Waals surface area contributed by atoms with E-state index in [0.29, 0.717) is 25.1 Å². The zero-order valence-electron chi connectivity index (χ0n) is 13.8. The number of amides is 1. The Morgan fingerprint density at radius 1 is 1.12 bits per heavy atom. The van der Waals surface area contributed by atoms with Gasteiger partial charge in [0.15, 0.2) is 0 Å². The summed E-state index contributed by atoms with van der Waals surface area (Å²) in [4.78, 5) is 22.8. The van der Waals surface area contributed by atoms with E-state index in [9.17, 15) is 9.59 Å². The molecule has 0 aliphatic carbocycles. The van der Waals surface area contributed by atoms with Gasteiger partial charge < -0.3 is 15.2 Å². The zero-order chi connectivity index (χ0) is 17.5. The lowest BCUT2D eigenvalue weighted by atomic mass is 10.1. The van der Waals surface area contributed by atoms with Gasteiger partial charge >= 0.3 is 5.97 Å². The van der Waals surface area contributed by atoms with Crippen LogP contribution < -0.4 is 10.1 Å². The van der Waals surface area contributed by atoms with Crippen molar-refractivity contribution >= 4 is 17.6 Å². The molecule has 1 amide bonds. The molecule has 0 aromatic heterocycles. The molecule has 2 aromatic rings. The van der Waals surface area contributed by atoms with E-state index in [1.165, 1.54) is 12.1 Å². The van der Waals surface area contributed by atoms with Gasteiger partial charge in [0.05, 0.1) is 12.2 Å². The summed E-state index contributed by atoms with van der Waals surface area (Å²) in [6, 6.07) is 12.2. The first kappa shape index (κ1) is 17.5. The third kappa shape index (κ3) is 5.12. The summed E-state index contributed by atoms with van der Waals surface area (Å²) in [5, 5.41) is 11.6. The summed E-state index contributed by atoms with van der Waals surface area (Å²) < 4.78 is 5.71. The third-order valence-corrected chi connectivity index (χ3v) is 3.54. The molecule has 2 aromatic carbocycles. The van der Waals surface area contributed by atoms with E-state index >= 15 is 0 Å². The Kier molecular flexibility index (Phi) is 5.95. The number of benzene rings is 2. The predicted molar refractivity (Wildman–Crippen MR) is 92.7 cm³/mol. The van der Waals surface area contributed by atoms with Gasteiger partial charge in [0.2, 0.25) is 5.91 Å². The van der Waals surface area contributed by atoms with E-state index < -0.39 is 5.97 Å². The van der Waals surface area contributed by atoms with Crippen LogP contribution in [0, 0.1) is 13.8 Å². The van der Waals surface area contributed by atoms with Crippen molar-refractivity contribution in [2.75, 3.05) is 11.9 Å². The van der Waals surface area contributed by atoms with Crippen LogP contribution in [0.15, 0.2) is 42.5 Å². The van der Waals surface area contributed by atoms with Crippen molar-refractivity contribution < 1.29 is 19.4 Å². The average Bonchev–Trinajstić information content (AvgIpc) is 2.55. The standard InChI is InChI=1S/C19H21NO4/c1-13-8-9-14(2)17(11-13)24-10-4-7-18(21)20-16-6-3-5-15(12-16)19(22)23/h3,5-6,8-9,11-12H,4,7,10H2,1-2H3,(H,20,21)(H,22,23). The van der Waals surface area contributed by atoms with Gasteiger partial charge in [-0.15, -0.1) is 0 Å². The van der Waals surface area contributed by atoms with Crippen LogP contribution in [0.1, 0.15) is 34.3 Å². The number of hydrogen-bond acceptors (Lipinski definition) is 3. The number of aromatic carboxylic acids is 1. The maximum atomic E-state index is 11.9. The van der Waals surface area contributed by atoms with Crippen LogP contribution in [-0.4, -0.2) is 23.6 Å². The van der Waals surface area contributed by atoms with Crippen LogP contribution in [0.5, 0.6) is 5.75 Å². The second-order valence-electron chi connectivity index (χ2n) is 5.66. The molecule has 0 saturated carbocycles. The minimum atomic E-state index is -1.02. The predicted octanol–water partition coefficient (Wildman–Crippen LogP) is 3.80. The van der Waals surface area contributed by atoms with Gasteiger partial charge in [-0.25, -0.2) is 4.79 Å². The van der Waals surface area contributed by atoms with Gasteiger partial charge in [-0.1, -0.05) is 18.2 Å². The molecule has 0 aliphatic rings. The average molecular weight is 327 g/mol. The van der Waals surface area contributed by atoms with Crippen LogP contribution in [-0.2, 0) is 4.79 Å². The minimum Gasteiger partial charge on any atom is -0.493 e. The Bertz CT molecular complexity index is 740. The fourth-order valence-electron chi connectivity index (χ4n) is 2.23. The largest absolute Gasteiger partial charge is 0.493 e. The molecular weight excluding hydrogens is 306 g/mol. The minimum absolute atomic E-state index is 0.144. The molecule has 2 rings (SSSR count). The first-order valence-corrected chi connectivity index (χ1v) is 7.79. The van der Waals surface area contributed by atoms with E-state index in [1.54, 1.807) is 12.1 Å². The summed E-state index contributed by atoms with van der Waals surface area (Å²) in [6.07, 6.45) is 0.889. The van der Waals surface area contributed by atoms with Crippen LogP contribution in [0.3, 0.4) is 0 Å². The Morgan fingerprint density at radius 3 is 2.67 bits per heavy atom. The molecule has 0 aliphatic heterocycles. The summed E-state index contributed by atoms with van der Waals surface area (Å²) in [5.74, 6) is -0.348. The monoisotopic (exact) mass is 327 g/mol. The number of rotatable bonds is 7. The van der Waals surface area contributed by atoms with E-state index in [-0.39, 0.29) is 11.5 Å². The molecule has 2 N–H and O–H groups in total. The van der Waals surface area contributed by atoms with Gasteiger partial charge in [-0.05, 0) is 55.7 Å². The van der Waals surface area contributed by atoms with Crippen LogP contribution >= 0.6 is 0 Å². The van der Waals surface area contributed by atoms with Crippen LogP contribution in [0.25, 0.3) is 0 Å². The molecule has 24 heavy (non-hydrogen) atoms. The highest BCUT2D eigenvalue weighted by molar-refractivity contribution is 5.93. The number of hydrogen-bond donors (Lipinski definition) is 2. The SMILES string of the molecule is Cc1ccc(C)c(OCCCC(=O)Nc2cccc(C(=O)O)c2)c1. The second-order valence-corrected chi connectivity index (χ2v) is 5.66. The van der Waals surface area contributed by atoms with Crippen molar-refractivity contribution in [3.05, 3.63) is 59.2 Å². The van der Waals surface area contributed by atoms with E-state index in [2.05, 4.69) is 5.32 Å². The highest BCUT2D eigenvalue weighted by Crippen LogP contribution is 2.19.